The fourth-order valence-electron chi connectivity index (χ4n) is 2.36. The maximum atomic E-state index is 12.3. The second-order valence-electron chi connectivity index (χ2n) is 5.78. The van der Waals surface area contributed by atoms with Gasteiger partial charge < -0.3 is 16.0 Å². The van der Waals surface area contributed by atoms with Crippen molar-refractivity contribution in [1.82, 2.24) is 20.9 Å². The standard InChI is InChI=1S/C19H24N4O2/c1-14(20-2)19(25)22-13-18(24)23-17(15-8-4-3-5-9-15)12-16-10-6-7-11-21-16/h3-11,14,17,20H,12-13H2,1-2H3,(H,22,25)(H,23,24)/t14-,17?/m1/s1. The molecule has 2 amide bonds. The summed E-state index contributed by atoms with van der Waals surface area (Å²) in [5, 5.41) is 8.44. The molecule has 1 aromatic carbocycles. The summed E-state index contributed by atoms with van der Waals surface area (Å²) in [5.74, 6) is -0.444. The summed E-state index contributed by atoms with van der Waals surface area (Å²) in [7, 11) is 1.70. The summed E-state index contributed by atoms with van der Waals surface area (Å²) in [5.41, 5.74) is 1.89. The van der Waals surface area contributed by atoms with E-state index < -0.39 is 0 Å². The molecule has 6 heteroatoms. The van der Waals surface area contributed by atoms with Crippen molar-refractivity contribution in [3.05, 3.63) is 66.0 Å². The maximum absolute atomic E-state index is 12.3. The lowest BCUT2D eigenvalue weighted by Gasteiger charge is -2.19. The minimum atomic E-state index is -0.341. The molecule has 1 heterocycles. The van der Waals surface area contributed by atoms with Crippen LogP contribution in [0.5, 0.6) is 0 Å². The van der Waals surface area contributed by atoms with Gasteiger partial charge in [-0.2, -0.15) is 0 Å². The van der Waals surface area contributed by atoms with Crippen LogP contribution in [-0.2, 0) is 16.0 Å². The summed E-state index contributed by atoms with van der Waals surface area (Å²) in [4.78, 5) is 28.4. The van der Waals surface area contributed by atoms with Gasteiger partial charge in [-0.1, -0.05) is 36.4 Å². The highest BCUT2D eigenvalue weighted by Crippen LogP contribution is 2.17. The fourth-order valence-corrected chi connectivity index (χ4v) is 2.36. The molecule has 1 aromatic heterocycles. The Morgan fingerprint density at radius 2 is 1.80 bits per heavy atom. The van der Waals surface area contributed by atoms with Gasteiger partial charge in [0.25, 0.3) is 0 Å². The third-order valence-electron chi connectivity index (χ3n) is 3.93. The second-order valence-corrected chi connectivity index (χ2v) is 5.78. The van der Waals surface area contributed by atoms with Crippen LogP contribution in [0.1, 0.15) is 24.2 Å². The summed E-state index contributed by atoms with van der Waals surface area (Å²) in [6, 6.07) is 14.9. The van der Waals surface area contributed by atoms with E-state index in [0.717, 1.165) is 11.3 Å². The Kier molecular flexibility index (Phi) is 7.10. The lowest BCUT2D eigenvalue weighted by atomic mass is 10.0. The van der Waals surface area contributed by atoms with Crippen LogP contribution >= 0.6 is 0 Å². The Morgan fingerprint density at radius 1 is 1.08 bits per heavy atom. The van der Waals surface area contributed by atoms with Crippen molar-refractivity contribution < 1.29 is 9.59 Å². The normalized spacial score (nSPS) is 12.9. The van der Waals surface area contributed by atoms with Gasteiger partial charge in [0.15, 0.2) is 0 Å². The zero-order chi connectivity index (χ0) is 18.1. The van der Waals surface area contributed by atoms with Gasteiger partial charge in [0, 0.05) is 18.3 Å². The smallest absolute Gasteiger partial charge is 0.239 e. The molecular weight excluding hydrogens is 316 g/mol. The number of nitrogens with zero attached hydrogens (tertiary/aromatic N) is 1. The first-order chi connectivity index (χ1) is 12.1. The predicted octanol–water partition coefficient (Wildman–Crippen LogP) is 1.21. The number of hydrogen-bond donors (Lipinski definition) is 3. The van der Waals surface area contributed by atoms with Gasteiger partial charge in [0.05, 0.1) is 18.6 Å². The van der Waals surface area contributed by atoms with Crippen molar-refractivity contribution in [1.29, 1.82) is 0 Å². The Bertz CT molecular complexity index is 676. The second kappa shape index (κ2) is 9.54. The molecule has 0 fully saturated rings. The van der Waals surface area contributed by atoms with Crippen LogP contribution in [-0.4, -0.2) is 36.4 Å². The summed E-state index contributed by atoms with van der Waals surface area (Å²) >= 11 is 0. The van der Waals surface area contributed by atoms with Gasteiger partial charge in [-0.05, 0) is 31.7 Å². The highest BCUT2D eigenvalue weighted by atomic mass is 16.2. The lowest BCUT2D eigenvalue weighted by molar-refractivity contribution is -0.127. The molecule has 0 spiro atoms. The molecule has 0 saturated heterocycles. The predicted molar refractivity (Wildman–Crippen MR) is 96.8 cm³/mol. The van der Waals surface area contributed by atoms with E-state index in [2.05, 4.69) is 20.9 Å². The number of nitrogens with one attached hydrogen (secondary N) is 3. The quantitative estimate of drug-likeness (QED) is 0.674. The molecule has 1 unspecified atom stereocenters. The minimum Gasteiger partial charge on any atom is -0.347 e. The van der Waals surface area contributed by atoms with Crippen molar-refractivity contribution in [3.8, 4) is 0 Å². The first-order valence-corrected chi connectivity index (χ1v) is 8.29. The molecule has 0 aliphatic heterocycles. The largest absolute Gasteiger partial charge is 0.347 e. The number of pyridine rings is 1. The van der Waals surface area contributed by atoms with E-state index in [4.69, 9.17) is 0 Å². The number of hydrogen-bond acceptors (Lipinski definition) is 4. The van der Waals surface area contributed by atoms with E-state index >= 15 is 0 Å². The SMILES string of the molecule is CN[C@H](C)C(=O)NCC(=O)NC(Cc1ccccn1)c1ccccc1. The molecule has 0 aliphatic carbocycles. The molecule has 6 nitrogen and oxygen atoms in total. The topological polar surface area (TPSA) is 83.1 Å². The summed E-state index contributed by atoms with van der Waals surface area (Å²) in [6.45, 7) is 1.68. The van der Waals surface area contributed by atoms with Gasteiger partial charge >= 0.3 is 0 Å². The number of amides is 2. The number of rotatable bonds is 8. The molecule has 132 valence electrons. The molecule has 2 aromatic rings. The third kappa shape index (κ3) is 6.00. The first-order valence-electron chi connectivity index (χ1n) is 8.29. The summed E-state index contributed by atoms with van der Waals surface area (Å²) < 4.78 is 0. The number of aromatic nitrogens is 1. The molecule has 2 atom stereocenters. The maximum Gasteiger partial charge on any atom is 0.239 e. The Balaban J connectivity index is 2.01. The van der Waals surface area contributed by atoms with Crippen LogP contribution < -0.4 is 16.0 Å². The molecular formula is C19H24N4O2. The molecule has 0 saturated carbocycles. The number of carbonyl (C=O) groups is 2. The Hall–Kier alpha value is -2.73. The third-order valence-corrected chi connectivity index (χ3v) is 3.93. The number of likely N-dealkylation sites (N-methyl/N-ethyl adjacent to an activating group) is 1. The summed E-state index contributed by atoms with van der Waals surface area (Å²) in [6.07, 6.45) is 2.32. The first kappa shape index (κ1) is 18.6. The van der Waals surface area contributed by atoms with Gasteiger partial charge in [-0.3, -0.25) is 14.6 Å². The highest BCUT2D eigenvalue weighted by molar-refractivity contribution is 5.87. The Morgan fingerprint density at radius 3 is 2.44 bits per heavy atom. The highest BCUT2D eigenvalue weighted by Gasteiger charge is 2.17. The van der Waals surface area contributed by atoms with Gasteiger partial charge in [0.1, 0.15) is 0 Å². The molecule has 0 radical (unpaired) electrons. The van der Waals surface area contributed by atoms with E-state index in [9.17, 15) is 9.59 Å². The van der Waals surface area contributed by atoms with Crippen molar-refractivity contribution >= 4 is 11.8 Å². The number of benzene rings is 1. The van der Waals surface area contributed by atoms with Crippen molar-refractivity contribution in [2.45, 2.75) is 25.4 Å². The molecule has 3 N–H and O–H groups in total. The van der Waals surface area contributed by atoms with Crippen molar-refractivity contribution in [3.63, 3.8) is 0 Å². The molecule has 0 bridgehead atoms. The van der Waals surface area contributed by atoms with Gasteiger partial charge in [-0.25, -0.2) is 0 Å². The van der Waals surface area contributed by atoms with Gasteiger partial charge in [-0.15, -0.1) is 0 Å². The monoisotopic (exact) mass is 340 g/mol. The van der Waals surface area contributed by atoms with Crippen LogP contribution in [0.2, 0.25) is 0 Å². The van der Waals surface area contributed by atoms with E-state index in [1.54, 1.807) is 20.2 Å². The number of carbonyl (C=O) groups excluding carboxylic acids is 2. The van der Waals surface area contributed by atoms with Crippen LogP contribution in [0.3, 0.4) is 0 Å². The molecule has 2 rings (SSSR count). The zero-order valence-corrected chi connectivity index (χ0v) is 14.5. The average Bonchev–Trinajstić information content (AvgIpc) is 2.66. The van der Waals surface area contributed by atoms with Crippen LogP contribution in [0.25, 0.3) is 0 Å². The van der Waals surface area contributed by atoms with E-state index in [-0.39, 0.29) is 30.4 Å². The van der Waals surface area contributed by atoms with Crippen molar-refractivity contribution in [2.24, 2.45) is 0 Å². The van der Waals surface area contributed by atoms with Crippen LogP contribution in [0, 0.1) is 0 Å². The van der Waals surface area contributed by atoms with Crippen LogP contribution in [0.4, 0.5) is 0 Å². The molecule has 25 heavy (non-hydrogen) atoms. The average molecular weight is 340 g/mol. The van der Waals surface area contributed by atoms with E-state index in [1.165, 1.54) is 0 Å². The zero-order valence-electron chi connectivity index (χ0n) is 14.5. The lowest BCUT2D eigenvalue weighted by Crippen LogP contribution is -2.45. The van der Waals surface area contributed by atoms with Crippen molar-refractivity contribution in [2.75, 3.05) is 13.6 Å². The Labute approximate surface area is 148 Å². The fraction of sp³-hybridized carbons (Fsp3) is 0.316. The van der Waals surface area contributed by atoms with E-state index in [0.29, 0.717) is 6.42 Å². The minimum absolute atomic E-state index is 0.0591. The van der Waals surface area contributed by atoms with E-state index in [1.807, 2.05) is 48.5 Å². The van der Waals surface area contributed by atoms with Gasteiger partial charge in [0.2, 0.25) is 11.8 Å². The van der Waals surface area contributed by atoms with Crippen LogP contribution in [0.15, 0.2) is 54.7 Å². The molecule has 0 aliphatic rings.